The molecule has 0 aliphatic heterocycles. The van der Waals surface area contributed by atoms with Gasteiger partial charge < -0.3 is 20.5 Å². The van der Waals surface area contributed by atoms with E-state index < -0.39 is 17.7 Å². The number of hydrogen-bond acceptors (Lipinski definition) is 8. The van der Waals surface area contributed by atoms with Crippen LogP contribution < -0.4 is 21.8 Å². The van der Waals surface area contributed by atoms with Crippen LogP contribution in [0.25, 0.3) is 11.7 Å². The normalized spacial score (nSPS) is 15.9. The van der Waals surface area contributed by atoms with Gasteiger partial charge in [0.15, 0.2) is 11.7 Å². The minimum absolute atomic E-state index is 0.0649. The van der Waals surface area contributed by atoms with Crippen molar-refractivity contribution in [2.24, 2.45) is 4.99 Å². The largest absolute Gasteiger partial charge is 0.493 e. The quantitative estimate of drug-likeness (QED) is 0.275. The Morgan fingerprint density at radius 2 is 2.03 bits per heavy atom. The number of rotatable bonds is 6. The molecule has 1 aliphatic carbocycles. The summed E-state index contributed by atoms with van der Waals surface area (Å²) in [6.45, 7) is 0. The number of carbonyl (C=O) groups is 1. The number of benzene rings is 1. The summed E-state index contributed by atoms with van der Waals surface area (Å²) in [6.07, 6.45) is 4.87. The number of carboxylic acids is 1. The number of anilines is 1. The van der Waals surface area contributed by atoms with Crippen molar-refractivity contribution >= 4 is 23.6 Å². The van der Waals surface area contributed by atoms with Gasteiger partial charge in [0, 0.05) is 5.22 Å². The fourth-order valence-electron chi connectivity index (χ4n) is 3.21. The fourth-order valence-corrected chi connectivity index (χ4v) is 3.21. The van der Waals surface area contributed by atoms with E-state index in [1.807, 2.05) is 0 Å². The lowest BCUT2D eigenvalue weighted by Gasteiger charge is -2.14. The zero-order valence-electron chi connectivity index (χ0n) is 16.6. The van der Waals surface area contributed by atoms with Gasteiger partial charge in [0.25, 0.3) is 5.62 Å². The molecule has 1 aromatic carbocycles. The van der Waals surface area contributed by atoms with Crippen molar-refractivity contribution in [2.45, 2.75) is 24.9 Å². The maximum absolute atomic E-state index is 11.9. The summed E-state index contributed by atoms with van der Waals surface area (Å²) < 4.78 is 1.44. The number of aliphatic carboxylic acids is 1. The predicted molar refractivity (Wildman–Crippen MR) is 112 cm³/mol. The van der Waals surface area contributed by atoms with Gasteiger partial charge in [-0.1, -0.05) is 30.3 Å². The van der Waals surface area contributed by atoms with E-state index in [2.05, 4.69) is 35.3 Å². The molecule has 12 heteroatoms. The highest BCUT2D eigenvalue weighted by Crippen LogP contribution is 2.22. The molecule has 32 heavy (non-hydrogen) atoms. The van der Waals surface area contributed by atoms with Gasteiger partial charge in [-0.25, -0.2) is 14.6 Å². The lowest BCUT2D eigenvalue weighted by molar-refractivity contribution is -0.138. The topological polar surface area (TPSA) is 174 Å². The molecule has 0 saturated heterocycles. The first-order valence-corrected chi connectivity index (χ1v) is 9.85. The van der Waals surface area contributed by atoms with Gasteiger partial charge in [0.1, 0.15) is 5.69 Å². The molecule has 0 radical (unpaired) electrons. The van der Waals surface area contributed by atoms with E-state index >= 15 is 0 Å². The Morgan fingerprint density at radius 1 is 1.25 bits per heavy atom. The number of H-pyrrole nitrogens is 2. The van der Waals surface area contributed by atoms with Gasteiger partial charge >= 0.3 is 11.7 Å². The Balaban J connectivity index is 1.65. The van der Waals surface area contributed by atoms with Crippen molar-refractivity contribution in [3.63, 3.8) is 0 Å². The minimum Gasteiger partial charge on any atom is -0.493 e. The van der Waals surface area contributed by atoms with Crippen molar-refractivity contribution in [3.05, 3.63) is 69.1 Å². The first-order chi connectivity index (χ1) is 15.5. The average molecular weight is 434 g/mol. The van der Waals surface area contributed by atoms with E-state index in [0.29, 0.717) is 16.4 Å². The molecule has 5 rings (SSSR count). The molecule has 12 nitrogen and oxygen atoms in total. The fraction of sp³-hybridized carbons (Fsp3) is 0.200. The monoisotopic (exact) mass is 434 g/mol. The number of nitrogens with zero attached hydrogens (tertiary/aromatic N) is 5. The third-order valence-corrected chi connectivity index (χ3v) is 4.91. The van der Waals surface area contributed by atoms with E-state index in [0.717, 1.165) is 12.8 Å². The number of hydrogen-bond donors (Lipinski definition) is 5. The highest BCUT2D eigenvalue weighted by Gasteiger charge is 2.23. The lowest BCUT2D eigenvalue weighted by Crippen LogP contribution is -2.28. The molecule has 3 heterocycles. The standard InChI is InChI=1S/C20H18N8O4/c29-16-13(23-20(32)26-16)8-11-9-21-28-15(11)25-18(27-19(28)22-12-6-7-12)24-14(17(30)31)10-4-2-1-3-5-10/h1-5,8-9,12,14,29H,6-7H2,(H,30,31)(H,22,24,27)(H2,23,26,32)/b11-8+. The predicted octanol–water partition coefficient (Wildman–Crippen LogP) is -0.305. The van der Waals surface area contributed by atoms with Crippen LogP contribution in [0.4, 0.5) is 5.95 Å². The minimum atomic E-state index is -1.09. The number of fused-ring (bicyclic) bond motifs is 1. The third kappa shape index (κ3) is 3.80. The highest BCUT2D eigenvalue weighted by molar-refractivity contribution is 5.78. The zero-order chi connectivity index (χ0) is 22.2. The van der Waals surface area contributed by atoms with Gasteiger partial charge in [-0.15, -0.1) is 0 Å². The Hall–Kier alpha value is -4.48. The molecular formula is C20H18N8O4. The molecule has 0 bridgehead atoms. The molecule has 1 saturated carbocycles. The summed E-state index contributed by atoms with van der Waals surface area (Å²) in [5.74, 6) is -1.34. The van der Waals surface area contributed by atoms with E-state index in [9.17, 15) is 19.8 Å². The summed E-state index contributed by atoms with van der Waals surface area (Å²) in [5, 5.41) is 27.2. The maximum atomic E-state index is 11.9. The van der Waals surface area contributed by atoms with Crippen molar-refractivity contribution in [1.82, 2.24) is 29.5 Å². The van der Waals surface area contributed by atoms with Crippen LogP contribution in [0, 0.1) is 0 Å². The Kier molecular flexibility index (Phi) is 4.66. The van der Waals surface area contributed by atoms with Crippen LogP contribution in [0.1, 0.15) is 30.1 Å². The van der Waals surface area contributed by atoms with Crippen LogP contribution in [0.3, 0.4) is 0 Å². The molecule has 162 valence electrons. The number of nitrogens with one attached hydrogen (secondary N) is 3. The molecule has 1 unspecified atom stereocenters. The van der Waals surface area contributed by atoms with Gasteiger partial charge in [-0.3, -0.25) is 4.98 Å². The van der Waals surface area contributed by atoms with Crippen molar-refractivity contribution in [2.75, 3.05) is 5.32 Å². The van der Waals surface area contributed by atoms with Crippen LogP contribution in [0.15, 0.2) is 46.3 Å². The summed E-state index contributed by atoms with van der Waals surface area (Å²) in [5.41, 5.74) is 0.758. The summed E-state index contributed by atoms with van der Waals surface area (Å²) in [6, 6.07) is 7.75. The average Bonchev–Trinajstić information content (AvgIpc) is 3.41. The van der Waals surface area contributed by atoms with E-state index in [-0.39, 0.29) is 29.2 Å². The van der Waals surface area contributed by atoms with Gasteiger partial charge in [-0.2, -0.15) is 19.6 Å². The van der Waals surface area contributed by atoms with Crippen molar-refractivity contribution in [1.29, 1.82) is 0 Å². The first-order valence-electron chi connectivity index (χ1n) is 9.85. The van der Waals surface area contributed by atoms with Gasteiger partial charge in [0.05, 0.1) is 12.2 Å². The molecule has 3 aromatic heterocycles. The second-order valence-electron chi connectivity index (χ2n) is 7.35. The molecule has 1 aliphatic rings. The van der Waals surface area contributed by atoms with Crippen LogP contribution in [-0.2, 0) is 4.79 Å². The molecule has 1 fully saturated rings. The Bertz CT molecular complexity index is 1480. The van der Waals surface area contributed by atoms with E-state index in [4.69, 9.17) is 0 Å². The smallest absolute Gasteiger partial charge is 0.330 e. The van der Waals surface area contributed by atoms with Crippen LogP contribution >= 0.6 is 0 Å². The SMILES string of the molecule is O=C(O)C(Nc1nc(=NC2CC2)n2nc/c(=C\c3[nH]c(=O)[nH]c3O)c2n1)c1ccccc1. The highest BCUT2D eigenvalue weighted by atomic mass is 16.4. The molecular weight excluding hydrogens is 416 g/mol. The number of imidazole rings is 1. The lowest BCUT2D eigenvalue weighted by atomic mass is 10.1. The second kappa shape index (κ2) is 7.65. The first kappa shape index (κ1) is 19.5. The molecule has 1 atom stereocenters. The molecule has 0 spiro atoms. The summed E-state index contributed by atoms with van der Waals surface area (Å²) in [7, 11) is 0. The van der Waals surface area contributed by atoms with Gasteiger partial charge in [0.2, 0.25) is 11.8 Å². The zero-order valence-corrected chi connectivity index (χ0v) is 16.6. The number of aromatic amines is 2. The van der Waals surface area contributed by atoms with Crippen molar-refractivity contribution in [3.8, 4) is 5.88 Å². The second-order valence-corrected chi connectivity index (χ2v) is 7.35. The Morgan fingerprint density at radius 3 is 2.69 bits per heavy atom. The molecule has 0 amide bonds. The van der Waals surface area contributed by atoms with Gasteiger partial charge in [-0.05, 0) is 24.5 Å². The molecule has 5 N–H and O–H groups in total. The molecule has 4 aromatic rings. The number of carboxylic acid groups (broad SMARTS) is 1. The Labute approximate surface area is 179 Å². The number of aromatic nitrogens is 6. The number of aromatic hydroxyl groups is 1. The maximum Gasteiger partial charge on any atom is 0.330 e. The summed E-state index contributed by atoms with van der Waals surface area (Å²) in [4.78, 5) is 41.5. The van der Waals surface area contributed by atoms with Crippen molar-refractivity contribution < 1.29 is 15.0 Å². The van der Waals surface area contributed by atoms with Crippen LogP contribution in [0.5, 0.6) is 5.88 Å². The third-order valence-electron chi connectivity index (χ3n) is 4.91. The van der Waals surface area contributed by atoms with E-state index in [1.54, 1.807) is 30.3 Å². The van der Waals surface area contributed by atoms with Crippen LogP contribution in [-0.4, -0.2) is 51.8 Å². The summed E-state index contributed by atoms with van der Waals surface area (Å²) >= 11 is 0. The van der Waals surface area contributed by atoms with E-state index in [1.165, 1.54) is 16.8 Å². The van der Waals surface area contributed by atoms with Crippen LogP contribution in [0.2, 0.25) is 0 Å².